The largest absolute Gasteiger partial charge is 0.462 e. The zero-order chi connectivity index (χ0) is 22.6. The highest BCUT2D eigenvalue weighted by Crippen LogP contribution is 2.14. The molecule has 0 bridgehead atoms. The van der Waals surface area contributed by atoms with Gasteiger partial charge in [-0.3, -0.25) is 0 Å². The van der Waals surface area contributed by atoms with E-state index >= 15 is 0 Å². The molecule has 0 heterocycles. The molecule has 0 amide bonds. The zero-order valence-corrected chi connectivity index (χ0v) is 20.0. The lowest BCUT2D eigenvalue weighted by molar-refractivity contribution is 0.0450. The van der Waals surface area contributed by atoms with Crippen molar-refractivity contribution in [3.05, 3.63) is 35.4 Å². The number of carbonyl (C=O) groups excluding carboxylic acids is 2. The van der Waals surface area contributed by atoms with Crippen molar-refractivity contribution in [1.29, 1.82) is 0 Å². The highest BCUT2D eigenvalue weighted by molar-refractivity contribution is 6.03. The van der Waals surface area contributed by atoms with Gasteiger partial charge < -0.3 is 9.47 Å². The van der Waals surface area contributed by atoms with E-state index in [4.69, 9.17) is 9.47 Å². The number of rotatable bonds is 19. The van der Waals surface area contributed by atoms with Gasteiger partial charge in [0.25, 0.3) is 0 Å². The molecule has 0 aliphatic heterocycles. The van der Waals surface area contributed by atoms with Gasteiger partial charge >= 0.3 is 11.9 Å². The lowest BCUT2D eigenvalue weighted by Crippen LogP contribution is -2.15. The van der Waals surface area contributed by atoms with E-state index in [9.17, 15) is 9.59 Å². The number of ether oxygens (including phenoxy) is 2. The molecule has 1 aromatic rings. The smallest absolute Gasteiger partial charge is 0.339 e. The molecule has 1 rings (SSSR count). The van der Waals surface area contributed by atoms with Crippen LogP contribution in [0.2, 0.25) is 0 Å². The molecule has 31 heavy (non-hydrogen) atoms. The number of esters is 2. The molecule has 0 unspecified atom stereocenters. The highest BCUT2D eigenvalue weighted by Gasteiger charge is 2.18. The molecular formula is C27H44O4. The van der Waals surface area contributed by atoms with Gasteiger partial charge in [-0.25, -0.2) is 9.59 Å². The van der Waals surface area contributed by atoms with E-state index in [1.54, 1.807) is 24.3 Å². The molecule has 0 saturated heterocycles. The molecule has 4 heteroatoms. The van der Waals surface area contributed by atoms with Crippen molar-refractivity contribution in [1.82, 2.24) is 0 Å². The highest BCUT2D eigenvalue weighted by atomic mass is 16.5. The molecule has 176 valence electrons. The monoisotopic (exact) mass is 432 g/mol. The van der Waals surface area contributed by atoms with Gasteiger partial charge in [-0.05, 0) is 25.0 Å². The molecular weight excluding hydrogens is 388 g/mol. The minimum absolute atomic E-state index is 0.293. The molecule has 0 aliphatic rings. The van der Waals surface area contributed by atoms with Gasteiger partial charge in [0.05, 0.1) is 24.3 Å². The van der Waals surface area contributed by atoms with E-state index in [0.29, 0.717) is 24.3 Å². The first-order valence-corrected chi connectivity index (χ1v) is 12.6. The third kappa shape index (κ3) is 13.2. The summed E-state index contributed by atoms with van der Waals surface area (Å²) in [6.07, 6.45) is 18.0. The maximum Gasteiger partial charge on any atom is 0.339 e. The van der Waals surface area contributed by atoms with Crippen LogP contribution in [0.5, 0.6) is 0 Å². The van der Waals surface area contributed by atoms with Crippen LogP contribution in [0.3, 0.4) is 0 Å². The Balaban J connectivity index is 2.19. The predicted molar refractivity (Wildman–Crippen MR) is 128 cm³/mol. The first-order chi connectivity index (χ1) is 15.2. The fourth-order valence-electron chi connectivity index (χ4n) is 3.62. The van der Waals surface area contributed by atoms with Crippen LogP contribution < -0.4 is 0 Å². The van der Waals surface area contributed by atoms with Crippen LogP contribution in [-0.4, -0.2) is 25.2 Å². The SMILES string of the molecule is CCCCCCCCCCCCCOC(=O)c1ccccc1C(=O)OCCCCCC. The van der Waals surface area contributed by atoms with Crippen LogP contribution in [0.1, 0.15) is 131 Å². The Morgan fingerprint density at radius 2 is 0.871 bits per heavy atom. The van der Waals surface area contributed by atoms with Crippen molar-refractivity contribution in [2.45, 2.75) is 110 Å². The number of unbranched alkanes of at least 4 members (excludes halogenated alkanes) is 13. The summed E-state index contributed by atoms with van der Waals surface area (Å²) in [5.41, 5.74) is 0.589. The molecule has 0 fully saturated rings. The van der Waals surface area contributed by atoms with Gasteiger partial charge in [0, 0.05) is 0 Å². The van der Waals surface area contributed by atoms with Gasteiger partial charge in [-0.2, -0.15) is 0 Å². The maximum absolute atomic E-state index is 12.4. The summed E-state index contributed by atoms with van der Waals surface area (Å²) in [6, 6.07) is 6.76. The third-order valence-corrected chi connectivity index (χ3v) is 5.58. The standard InChI is InChI=1S/C27H44O4/c1-3-5-7-9-10-11-12-13-14-15-19-23-31-27(29)25-21-17-16-20-24(25)26(28)30-22-18-8-6-4-2/h16-17,20-21H,3-15,18-19,22-23H2,1-2H3. The number of hydrogen-bond acceptors (Lipinski definition) is 4. The first kappa shape index (κ1) is 27.2. The number of benzene rings is 1. The van der Waals surface area contributed by atoms with Gasteiger partial charge in [-0.1, -0.05) is 109 Å². The first-order valence-electron chi connectivity index (χ1n) is 12.6. The van der Waals surface area contributed by atoms with Crippen molar-refractivity contribution in [2.75, 3.05) is 13.2 Å². The van der Waals surface area contributed by atoms with E-state index < -0.39 is 11.9 Å². The summed E-state index contributed by atoms with van der Waals surface area (Å²) in [4.78, 5) is 24.8. The molecule has 0 saturated carbocycles. The molecule has 0 aliphatic carbocycles. The Labute approximate surface area is 190 Å². The van der Waals surface area contributed by atoms with Crippen LogP contribution in [0, 0.1) is 0 Å². The molecule has 0 spiro atoms. The Morgan fingerprint density at radius 1 is 0.548 bits per heavy atom. The average molecular weight is 433 g/mol. The lowest BCUT2D eigenvalue weighted by Gasteiger charge is -2.10. The summed E-state index contributed by atoms with van der Waals surface area (Å²) in [5, 5.41) is 0. The maximum atomic E-state index is 12.4. The van der Waals surface area contributed by atoms with E-state index in [-0.39, 0.29) is 0 Å². The summed E-state index contributed by atoms with van der Waals surface area (Å²) in [6.45, 7) is 5.18. The van der Waals surface area contributed by atoms with Crippen molar-refractivity contribution < 1.29 is 19.1 Å². The Morgan fingerprint density at radius 3 is 1.26 bits per heavy atom. The van der Waals surface area contributed by atoms with Crippen LogP contribution in [-0.2, 0) is 9.47 Å². The van der Waals surface area contributed by atoms with E-state index in [1.807, 2.05) is 0 Å². The van der Waals surface area contributed by atoms with Gasteiger partial charge in [0.1, 0.15) is 0 Å². The second-order valence-corrected chi connectivity index (χ2v) is 8.41. The van der Waals surface area contributed by atoms with Crippen molar-refractivity contribution in [3.63, 3.8) is 0 Å². The predicted octanol–water partition coefficient (Wildman–Crippen LogP) is 7.89. The Kier molecular flexibility index (Phi) is 16.6. The molecule has 4 nitrogen and oxygen atoms in total. The van der Waals surface area contributed by atoms with Crippen molar-refractivity contribution in [2.24, 2.45) is 0 Å². The van der Waals surface area contributed by atoms with E-state index in [0.717, 1.165) is 38.5 Å². The summed E-state index contributed by atoms with van der Waals surface area (Å²) < 4.78 is 10.7. The van der Waals surface area contributed by atoms with E-state index in [1.165, 1.54) is 57.8 Å². The number of carbonyl (C=O) groups is 2. The molecule has 0 aromatic heterocycles. The minimum Gasteiger partial charge on any atom is -0.462 e. The fraction of sp³-hybridized carbons (Fsp3) is 0.704. The summed E-state index contributed by atoms with van der Waals surface area (Å²) in [7, 11) is 0. The summed E-state index contributed by atoms with van der Waals surface area (Å²) in [5.74, 6) is -0.885. The van der Waals surface area contributed by atoms with Crippen LogP contribution in [0.15, 0.2) is 24.3 Å². The van der Waals surface area contributed by atoms with Crippen molar-refractivity contribution >= 4 is 11.9 Å². The van der Waals surface area contributed by atoms with Gasteiger partial charge in [0.2, 0.25) is 0 Å². The van der Waals surface area contributed by atoms with Crippen molar-refractivity contribution in [3.8, 4) is 0 Å². The minimum atomic E-state index is -0.446. The summed E-state index contributed by atoms with van der Waals surface area (Å²) >= 11 is 0. The quantitative estimate of drug-likeness (QED) is 0.165. The molecule has 0 atom stereocenters. The lowest BCUT2D eigenvalue weighted by atomic mass is 10.1. The zero-order valence-electron chi connectivity index (χ0n) is 20.0. The number of hydrogen-bond donors (Lipinski definition) is 0. The van der Waals surface area contributed by atoms with E-state index in [2.05, 4.69) is 13.8 Å². The molecule has 0 N–H and O–H groups in total. The second kappa shape index (κ2) is 18.9. The second-order valence-electron chi connectivity index (χ2n) is 8.41. The van der Waals surface area contributed by atoms with Gasteiger partial charge in [-0.15, -0.1) is 0 Å². The average Bonchev–Trinajstić information content (AvgIpc) is 2.79. The van der Waals surface area contributed by atoms with Crippen LogP contribution in [0.4, 0.5) is 0 Å². The molecule has 1 aromatic carbocycles. The fourth-order valence-corrected chi connectivity index (χ4v) is 3.62. The third-order valence-electron chi connectivity index (χ3n) is 5.58. The topological polar surface area (TPSA) is 52.6 Å². The van der Waals surface area contributed by atoms with Crippen LogP contribution >= 0.6 is 0 Å². The Hall–Kier alpha value is -1.84. The van der Waals surface area contributed by atoms with Gasteiger partial charge in [0.15, 0.2) is 0 Å². The molecule has 0 radical (unpaired) electrons. The van der Waals surface area contributed by atoms with Crippen LogP contribution in [0.25, 0.3) is 0 Å². The Bertz CT molecular complexity index is 597. The normalized spacial score (nSPS) is 10.8.